The van der Waals surface area contributed by atoms with Crippen LogP contribution in [0.25, 0.3) is 0 Å². The average Bonchev–Trinajstić information content (AvgIpc) is 2.62. The second-order valence-corrected chi connectivity index (χ2v) is 13.7. The molecule has 0 bridgehead atoms. The molecule has 0 aromatic rings. The van der Waals surface area contributed by atoms with Gasteiger partial charge in [-0.3, -0.25) is 0 Å². The number of hydrogen-bond acceptors (Lipinski definition) is 3. The third kappa shape index (κ3) is 10.4. The Kier molecular flexibility index (Phi) is 9.99. The van der Waals surface area contributed by atoms with E-state index < -0.39 is 16.6 Å². The molecule has 3 nitrogen and oxygen atoms in total. The fourth-order valence-corrected chi connectivity index (χ4v) is 7.53. The van der Waals surface area contributed by atoms with Gasteiger partial charge >= 0.3 is 0 Å². The van der Waals surface area contributed by atoms with Crippen LogP contribution in [0.4, 0.5) is 0 Å². The molecule has 0 radical (unpaired) electrons. The monoisotopic (exact) mass is 479 g/mol. The Bertz CT molecular complexity index is 292. The van der Waals surface area contributed by atoms with E-state index in [1.807, 2.05) is 11.4 Å². The van der Waals surface area contributed by atoms with Crippen molar-refractivity contribution in [1.29, 1.82) is 0 Å². The molecule has 114 valence electrons. The van der Waals surface area contributed by atoms with Crippen LogP contribution in [-0.4, -0.2) is 47.2 Å². The second-order valence-electron chi connectivity index (χ2n) is 5.67. The quantitative estimate of drug-likeness (QED) is 0.577. The molecular formula is C13H28N2OPtSi2. The Labute approximate surface area is 135 Å². The van der Waals surface area contributed by atoms with Gasteiger partial charge in [0, 0.05) is 47.6 Å². The predicted octanol–water partition coefficient (Wildman–Crippen LogP) is 3.15. The van der Waals surface area contributed by atoms with Crippen molar-refractivity contribution in [2.45, 2.75) is 26.2 Å². The molecule has 0 aromatic carbocycles. The van der Waals surface area contributed by atoms with Crippen molar-refractivity contribution in [2.24, 2.45) is 0 Å². The standard InChI is InChI=1S/C8H18OSi2.C5H10N2.Pt/c1-7-10(3,4)9-11(5,6)8-2;1-6-3-4-7(2)5-6;/h7-8H,1-2H2,3-6H3;3-4H,5H2,1-2H3;. The minimum absolute atomic E-state index is 0. The zero-order chi connectivity index (χ0) is 14.4. The largest absolute Gasteiger partial charge is 0.449 e. The van der Waals surface area contributed by atoms with E-state index in [1.54, 1.807) is 0 Å². The molecule has 0 N–H and O–H groups in total. The van der Waals surface area contributed by atoms with Gasteiger partial charge in [0.2, 0.25) is 0 Å². The summed E-state index contributed by atoms with van der Waals surface area (Å²) in [7, 11) is 0.953. The van der Waals surface area contributed by atoms with Gasteiger partial charge in [-0.2, -0.15) is 0 Å². The predicted molar refractivity (Wildman–Crippen MR) is 86.0 cm³/mol. The Morgan fingerprint density at radius 2 is 1.26 bits per heavy atom. The number of rotatable bonds is 4. The molecule has 0 atom stereocenters. The first-order valence-electron chi connectivity index (χ1n) is 6.18. The van der Waals surface area contributed by atoms with Gasteiger partial charge in [0.15, 0.2) is 16.6 Å². The molecule has 1 aliphatic heterocycles. The summed E-state index contributed by atoms with van der Waals surface area (Å²) in [4.78, 5) is 4.25. The first kappa shape index (κ1) is 21.2. The first-order valence-corrected chi connectivity index (χ1v) is 12.1. The SMILES string of the molecule is C=C[Si](C)(C)O[Si](C)(C)C=C.CN1C=CN(C)C1.[Pt]. The molecule has 1 rings (SSSR count). The summed E-state index contributed by atoms with van der Waals surface area (Å²) in [5.41, 5.74) is 3.93. The van der Waals surface area contributed by atoms with Crippen molar-refractivity contribution < 1.29 is 25.2 Å². The molecule has 0 unspecified atom stereocenters. The van der Waals surface area contributed by atoms with E-state index in [9.17, 15) is 0 Å². The van der Waals surface area contributed by atoms with Crippen molar-refractivity contribution >= 4 is 16.6 Å². The van der Waals surface area contributed by atoms with Gasteiger partial charge < -0.3 is 13.9 Å². The van der Waals surface area contributed by atoms with E-state index >= 15 is 0 Å². The van der Waals surface area contributed by atoms with Crippen molar-refractivity contribution in [3.8, 4) is 0 Å². The molecule has 0 aromatic heterocycles. The molecule has 1 aliphatic rings. The van der Waals surface area contributed by atoms with E-state index in [0.29, 0.717) is 0 Å². The number of hydrogen-bond donors (Lipinski definition) is 0. The zero-order valence-electron chi connectivity index (χ0n) is 13.0. The second kappa shape index (κ2) is 8.95. The van der Waals surface area contributed by atoms with Crippen LogP contribution in [0.2, 0.25) is 26.2 Å². The van der Waals surface area contributed by atoms with E-state index in [-0.39, 0.29) is 21.1 Å². The molecule has 1 heterocycles. The van der Waals surface area contributed by atoms with Crippen LogP contribution in [0.5, 0.6) is 0 Å². The number of nitrogens with zero attached hydrogens (tertiary/aromatic N) is 2. The maximum Gasteiger partial charge on any atom is 0.198 e. The average molecular weight is 480 g/mol. The fourth-order valence-electron chi connectivity index (χ4n) is 1.44. The first-order chi connectivity index (χ1) is 8.12. The minimum Gasteiger partial charge on any atom is -0.449 e. The summed E-state index contributed by atoms with van der Waals surface area (Å²) in [5, 5.41) is 0. The minimum atomic E-state index is -1.58. The molecule has 6 heteroatoms. The van der Waals surface area contributed by atoms with Crippen LogP contribution in [0.3, 0.4) is 0 Å². The summed E-state index contributed by atoms with van der Waals surface area (Å²) < 4.78 is 5.97. The van der Waals surface area contributed by atoms with Gasteiger partial charge in [-0.05, 0) is 26.2 Å². The van der Waals surface area contributed by atoms with Crippen molar-refractivity contribution in [1.82, 2.24) is 9.80 Å². The molecular weight excluding hydrogens is 451 g/mol. The van der Waals surface area contributed by atoms with E-state index in [4.69, 9.17) is 4.12 Å². The van der Waals surface area contributed by atoms with E-state index in [0.717, 1.165) is 6.67 Å². The van der Waals surface area contributed by atoms with Crippen LogP contribution in [0, 0.1) is 0 Å². The Morgan fingerprint density at radius 1 is 0.947 bits per heavy atom. The molecule has 19 heavy (non-hydrogen) atoms. The smallest absolute Gasteiger partial charge is 0.198 e. The Hall–Kier alpha value is -0.0979. The van der Waals surface area contributed by atoms with Crippen LogP contribution < -0.4 is 0 Å². The van der Waals surface area contributed by atoms with Gasteiger partial charge in [0.25, 0.3) is 0 Å². The van der Waals surface area contributed by atoms with Crippen LogP contribution >= 0.6 is 0 Å². The summed E-state index contributed by atoms with van der Waals surface area (Å²) in [6.07, 6.45) is 4.11. The van der Waals surface area contributed by atoms with Crippen LogP contribution in [-0.2, 0) is 25.2 Å². The van der Waals surface area contributed by atoms with Crippen LogP contribution in [0.15, 0.2) is 37.0 Å². The third-order valence-corrected chi connectivity index (χ3v) is 8.71. The van der Waals surface area contributed by atoms with Gasteiger partial charge in [-0.1, -0.05) is 11.4 Å². The molecule has 0 fully saturated rings. The molecule has 0 saturated carbocycles. The molecule has 0 saturated heterocycles. The molecule has 0 aliphatic carbocycles. The Balaban J connectivity index is 0. The van der Waals surface area contributed by atoms with Crippen molar-refractivity contribution in [3.05, 3.63) is 37.0 Å². The van der Waals surface area contributed by atoms with Gasteiger partial charge in [0.1, 0.15) is 0 Å². The topological polar surface area (TPSA) is 15.7 Å². The van der Waals surface area contributed by atoms with Gasteiger partial charge in [0.05, 0.1) is 6.67 Å². The normalized spacial score (nSPS) is 14.4. The summed E-state index contributed by atoms with van der Waals surface area (Å²) in [6, 6.07) is 0. The van der Waals surface area contributed by atoms with Crippen molar-refractivity contribution in [2.75, 3.05) is 20.8 Å². The summed E-state index contributed by atoms with van der Waals surface area (Å²) in [5.74, 6) is 0. The summed E-state index contributed by atoms with van der Waals surface area (Å²) in [6.45, 7) is 17.2. The van der Waals surface area contributed by atoms with Crippen LogP contribution in [0.1, 0.15) is 0 Å². The maximum atomic E-state index is 5.97. The zero-order valence-corrected chi connectivity index (χ0v) is 17.3. The van der Waals surface area contributed by atoms with Gasteiger partial charge in [-0.25, -0.2) is 0 Å². The molecule has 0 amide bonds. The maximum absolute atomic E-state index is 5.97. The van der Waals surface area contributed by atoms with Gasteiger partial charge in [-0.15, -0.1) is 13.2 Å². The third-order valence-electron chi connectivity index (χ3n) is 2.53. The van der Waals surface area contributed by atoms with Crippen molar-refractivity contribution in [3.63, 3.8) is 0 Å². The fraction of sp³-hybridized carbons (Fsp3) is 0.538. The van der Waals surface area contributed by atoms with E-state index in [1.165, 1.54) is 0 Å². The molecule has 0 spiro atoms. The van der Waals surface area contributed by atoms with E-state index in [2.05, 4.69) is 75.6 Å². The summed E-state index contributed by atoms with van der Waals surface area (Å²) >= 11 is 0. The Morgan fingerprint density at radius 3 is 1.42 bits per heavy atom.